The van der Waals surface area contributed by atoms with Crippen LogP contribution in [0.4, 0.5) is 0 Å². The summed E-state index contributed by atoms with van der Waals surface area (Å²) in [5.41, 5.74) is 1.25. The number of rotatable bonds is 9. The predicted molar refractivity (Wildman–Crippen MR) is 76.2 cm³/mol. The van der Waals surface area contributed by atoms with Crippen LogP contribution in [0.5, 0.6) is 0 Å². The Morgan fingerprint density at radius 2 is 2.00 bits per heavy atom. The molecule has 0 fully saturated rings. The molecule has 2 nitrogen and oxygen atoms in total. The second kappa shape index (κ2) is 8.76. The van der Waals surface area contributed by atoms with Crippen LogP contribution in [0.15, 0.2) is 21.4 Å². The molecular weight excluding hydrogens is 278 g/mol. The molecule has 0 aliphatic carbocycles. The van der Waals surface area contributed by atoms with E-state index in [-0.39, 0.29) is 0 Å². The van der Waals surface area contributed by atoms with Crippen molar-refractivity contribution >= 4 is 15.9 Å². The summed E-state index contributed by atoms with van der Waals surface area (Å²) >= 11 is 3.46. The maximum atomic E-state index is 5.31. The molecule has 1 aromatic heterocycles. The minimum atomic E-state index is 0.426. The van der Waals surface area contributed by atoms with Crippen LogP contribution < -0.4 is 5.32 Å². The van der Waals surface area contributed by atoms with Gasteiger partial charge in [0.15, 0.2) is 4.67 Å². The second-order valence-electron chi connectivity index (χ2n) is 4.46. The Bertz CT molecular complexity index is 298. The average molecular weight is 302 g/mol. The molecule has 3 heteroatoms. The van der Waals surface area contributed by atoms with E-state index in [1.807, 2.05) is 0 Å². The van der Waals surface area contributed by atoms with Gasteiger partial charge in [0.2, 0.25) is 0 Å². The summed E-state index contributed by atoms with van der Waals surface area (Å²) < 4.78 is 6.19. The number of furan rings is 1. The number of nitrogens with one attached hydrogen (secondary N) is 1. The van der Waals surface area contributed by atoms with Gasteiger partial charge in [-0.2, -0.15) is 0 Å². The standard InChI is InChI=1S/C14H24BrNO/c1-3-5-6-7-8-9-13(16-4-2)12-10-11-17-14(12)15/h10-11,13,16H,3-9H2,1-2H3. The molecule has 1 rings (SSSR count). The molecule has 1 N–H and O–H groups in total. The third kappa shape index (κ3) is 5.26. The molecule has 17 heavy (non-hydrogen) atoms. The molecule has 0 aromatic carbocycles. The van der Waals surface area contributed by atoms with Crippen molar-refractivity contribution in [2.24, 2.45) is 0 Å². The zero-order valence-electron chi connectivity index (χ0n) is 11.0. The van der Waals surface area contributed by atoms with E-state index in [0.717, 1.165) is 11.2 Å². The van der Waals surface area contributed by atoms with Crippen molar-refractivity contribution in [2.75, 3.05) is 6.54 Å². The maximum absolute atomic E-state index is 5.31. The fraction of sp³-hybridized carbons (Fsp3) is 0.714. The molecule has 0 spiro atoms. The molecule has 0 aliphatic rings. The lowest BCUT2D eigenvalue weighted by atomic mass is 10.0. The average Bonchev–Trinajstić information content (AvgIpc) is 2.74. The van der Waals surface area contributed by atoms with Crippen LogP contribution in [-0.4, -0.2) is 6.54 Å². The van der Waals surface area contributed by atoms with E-state index in [2.05, 4.69) is 41.2 Å². The summed E-state index contributed by atoms with van der Waals surface area (Å²) in [6, 6.07) is 2.48. The van der Waals surface area contributed by atoms with Crippen LogP contribution in [0.25, 0.3) is 0 Å². The van der Waals surface area contributed by atoms with E-state index in [4.69, 9.17) is 4.42 Å². The zero-order valence-corrected chi connectivity index (χ0v) is 12.6. The van der Waals surface area contributed by atoms with Crippen LogP contribution in [0.3, 0.4) is 0 Å². The third-order valence-corrected chi connectivity index (χ3v) is 3.71. The van der Waals surface area contributed by atoms with Crippen LogP contribution in [0.1, 0.15) is 64.0 Å². The molecule has 0 aliphatic heterocycles. The van der Waals surface area contributed by atoms with E-state index in [1.165, 1.54) is 44.1 Å². The molecule has 0 saturated carbocycles. The van der Waals surface area contributed by atoms with Gasteiger partial charge in [-0.15, -0.1) is 0 Å². The van der Waals surface area contributed by atoms with Gasteiger partial charge >= 0.3 is 0 Å². The van der Waals surface area contributed by atoms with Gasteiger partial charge in [0.1, 0.15) is 0 Å². The summed E-state index contributed by atoms with van der Waals surface area (Å²) in [7, 11) is 0. The highest BCUT2D eigenvalue weighted by atomic mass is 79.9. The highest BCUT2D eigenvalue weighted by molar-refractivity contribution is 9.10. The molecular formula is C14H24BrNO. The normalized spacial score (nSPS) is 12.9. The Balaban J connectivity index is 2.36. The minimum absolute atomic E-state index is 0.426. The van der Waals surface area contributed by atoms with Gasteiger partial charge in [-0.25, -0.2) is 0 Å². The third-order valence-electron chi connectivity index (χ3n) is 3.07. The largest absolute Gasteiger partial charge is 0.457 e. The second-order valence-corrected chi connectivity index (χ2v) is 5.18. The Hall–Kier alpha value is -0.280. The van der Waals surface area contributed by atoms with Gasteiger partial charge in [-0.05, 0) is 35.0 Å². The van der Waals surface area contributed by atoms with Gasteiger partial charge in [0.25, 0.3) is 0 Å². The van der Waals surface area contributed by atoms with Gasteiger partial charge in [-0.3, -0.25) is 0 Å². The molecule has 1 heterocycles. The number of hydrogen-bond acceptors (Lipinski definition) is 2. The summed E-state index contributed by atoms with van der Waals surface area (Å²) in [4.78, 5) is 0. The molecule has 1 aromatic rings. The minimum Gasteiger partial charge on any atom is -0.457 e. The van der Waals surface area contributed by atoms with Crippen LogP contribution in [0, 0.1) is 0 Å². The predicted octanol–water partition coefficient (Wildman–Crippen LogP) is 5.05. The smallest absolute Gasteiger partial charge is 0.173 e. The van der Waals surface area contributed by atoms with Gasteiger partial charge < -0.3 is 9.73 Å². The van der Waals surface area contributed by atoms with Crippen molar-refractivity contribution in [1.29, 1.82) is 0 Å². The van der Waals surface area contributed by atoms with Crippen LogP contribution in [-0.2, 0) is 0 Å². The highest BCUT2D eigenvalue weighted by Gasteiger charge is 2.14. The molecule has 98 valence electrons. The summed E-state index contributed by atoms with van der Waals surface area (Å²) in [5, 5.41) is 3.53. The lowest BCUT2D eigenvalue weighted by Gasteiger charge is -2.16. The zero-order chi connectivity index (χ0) is 12.5. The highest BCUT2D eigenvalue weighted by Crippen LogP contribution is 2.28. The van der Waals surface area contributed by atoms with Gasteiger partial charge in [0.05, 0.1) is 6.26 Å². The van der Waals surface area contributed by atoms with Crippen molar-refractivity contribution in [3.63, 3.8) is 0 Å². The first-order valence-electron chi connectivity index (χ1n) is 6.75. The Labute approximate surface area is 113 Å². The van der Waals surface area contributed by atoms with Gasteiger partial charge in [0, 0.05) is 11.6 Å². The fourth-order valence-electron chi connectivity index (χ4n) is 2.12. The van der Waals surface area contributed by atoms with E-state index < -0.39 is 0 Å². The summed E-state index contributed by atoms with van der Waals surface area (Å²) in [5.74, 6) is 0. The molecule has 1 atom stereocenters. The first-order chi connectivity index (χ1) is 8.29. The number of unbranched alkanes of at least 4 members (excludes halogenated alkanes) is 4. The Morgan fingerprint density at radius 3 is 2.59 bits per heavy atom. The monoisotopic (exact) mass is 301 g/mol. The first-order valence-corrected chi connectivity index (χ1v) is 7.55. The maximum Gasteiger partial charge on any atom is 0.173 e. The van der Waals surface area contributed by atoms with E-state index in [1.54, 1.807) is 6.26 Å². The lowest BCUT2D eigenvalue weighted by Crippen LogP contribution is -2.20. The topological polar surface area (TPSA) is 25.2 Å². The van der Waals surface area contributed by atoms with Crippen LogP contribution >= 0.6 is 15.9 Å². The van der Waals surface area contributed by atoms with Crippen molar-refractivity contribution in [2.45, 2.75) is 58.4 Å². The lowest BCUT2D eigenvalue weighted by molar-refractivity contribution is 0.464. The first kappa shape index (κ1) is 14.8. The number of halogens is 1. The summed E-state index contributed by atoms with van der Waals surface area (Å²) in [6.45, 7) is 5.40. The van der Waals surface area contributed by atoms with Crippen molar-refractivity contribution < 1.29 is 4.42 Å². The Morgan fingerprint density at radius 1 is 1.24 bits per heavy atom. The Kier molecular flexibility index (Phi) is 7.62. The van der Waals surface area contributed by atoms with Crippen molar-refractivity contribution in [3.8, 4) is 0 Å². The molecule has 0 amide bonds. The molecule has 0 radical (unpaired) electrons. The summed E-state index contributed by atoms with van der Waals surface area (Å²) in [6.07, 6.45) is 9.60. The number of hydrogen-bond donors (Lipinski definition) is 1. The van der Waals surface area contributed by atoms with Crippen molar-refractivity contribution in [3.05, 3.63) is 22.6 Å². The SMILES string of the molecule is CCCCCCCC(NCC)c1ccoc1Br. The van der Waals surface area contributed by atoms with Crippen molar-refractivity contribution in [1.82, 2.24) is 5.32 Å². The quantitative estimate of drug-likeness (QED) is 0.645. The van der Waals surface area contributed by atoms with Crippen LogP contribution in [0.2, 0.25) is 0 Å². The van der Waals surface area contributed by atoms with E-state index >= 15 is 0 Å². The molecule has 1 unspecified atom stereocenters. The van der Waals surface area contributed by atoms with E-state index in [9.17, 15) is 0 Å². The molecule has 0 bridgehead atoms. The molecule has 0 saturated heterocycles. The fourth-order valence-corrected chi connectivity index (χ4v) is 2.64. The van der Waals surface area contributed by atoms with Gasteiger partial charge in [-0.1, -0.05) is 46.0 Å². The van der Waals surface area contributed by atoms with E-state index in [0.29, 0.717) is 6.04 Å².